The number of nitrogens with two attached hydrogens (primary N) is 1. The van der Waals surface area contributed by atoms with Gasteiger partial charge in [-0.15, -0.1) is 5.10 Å². The van der Waals surface area contributed by atoms with Crippen LogP contribution in [0.25, 0.3) is 17.1 Å². The molecule has 0 aliphatic carbocycles. The van der Waals surface area contributed by atoms with Gasteiger partial charge in [0.25, 0.3) is 0 Å². The third-order valence-corrected chi connectivity index (χ3v) is 2.89. The number of benzene rings is 2. The molecule has 100 valence electrons. The number of aromatic nitrogens is 4. The summed E-state index contributed by atoms with van der Waals surface area (Å²) in [5, 5.41) is 11.8. The second kappa shape index (κ2) is 5.00. The number of nitrogen functional groups attached to an aromatic ring is 1. The molecule has 1 heterocycles. The molecule has 0 atom stereocenters. The van der Waals surface area contributed by atoms with E-state index in [0.717, 1.165) is 11.3 Å². The Morgan fingerprint density at radius 1 is 1.10 bits per heavy atom. The highest BCUT2D eigenvalue weighted by Crippen LogP contribution is 2.26. The van der Waals surface area contributed by atoms with E-state index in [4.69, 9.17) is 10.5 Å². The summed E-state index contributed by atoms with van der Waals surface area (Å²) in [6.07, 6.45) is 0. The highest BCUT2D eigenvalue weighted by molar-refractivity contribution is 5.65. The number of tetrazole rings is 1. The molecule has 3 rings (SSSR count). The van der Waals surface area contributed by atoms with Gasteiger partial charge in [-0.25, -0.2) is 0 Å². The second-order valence-electron chi connectivity index (χ2n) is 4.24. The van der Waals surface area contributed by atoms with Gasteiger partial charge < -0.3 is 10.5 Å². The molecule has 0 amide bonds. The minimum absolute atomic E-state index is 0.599. The zero-order valence-corrected chi connectivity index (χ0v) is 10.9. The average Bonchev–Trinajstić information content (AvgIpc) is 2.97. The van der Waals surface area contributed by atoms with Crippen molar-refractivity contribution in [3.63, 3.8) is 0 Å². The van der Waals surface area contributed by atoms with E-state index < -0.39 is 0 Å². The Kier molecular flexibility index (Phi) is 3.04. The van der Waals surface area contributed by atoms with Gasteiger partial charge in [-0.1, -0.05) is 18.2 Å². The molecule has 0 bridgehead atoms. The SMILES string of the molecule is COc1cc(N)cc(-c2nnnn2-c2ccccc2)c1. The zero-order valence-electron chi connectivity index (χ0n) is 10.9. The molecule has 6 heteroatoms. The molecular weight excluding hydrogens is 254 g/mol. The Hall–Kier alpha value is -2.89. The maximum atomic E-state index is 5.87. The normalized spacial score (nSPS) is 10.4. The summed E-state index contributed by atoms with van der Waals surface area (Å²) < 4.78 is 6.88. The fourth-order valence-electron chi connectivity index (χ4n) is 1.98. The van der Waals surface area contributed by atoms with Crippen molar-refractivity contribution in [2.75, 3.05) is 12.8 Å². The third kappa shape index (κ3) is 2.18. The second-order valence-corrected chi connectivity index (χ2v) is 4.24. The Morgan fingerprint density at radius 2 is 1.90 bits per heavy atom. The summed E-state index contributed by atoms with van der Waals surface area (Å²) >= 11 is 0. The number of hydrogen-bond acceptors (Lipinski definition) is 5. The van der Waals surface area contributed by atoms with Crippen LogP contribution in [0.1, 0.15) is 0 Å². The van der Waals surface area contributed by atoms with Crippen molar-refractivity contribution in [3.8, 4) is 22.8 Å². The third-order valence-electron chi connectivity index (χ3n) is 2.89. The lowest BCUT2D eigenvalue weighted by molar-refractivity contribution is 0.415. The molecule has 0 saturated heterocycles. The van der Waals surface area contributed by atoms with Gasteiger partial charge >= 0.3 is 0 Å². The van der Waals surface area contributed by atoms with Crippen molar-refractivity contribution in [1.29, 1.82) is 0 Å². The molecule has 0 spiro atoms. The van der Waals surface area contributed by atoms with Gasteiger partial charge in [0.05, 0.1) is 12.8 Å². The van der Waals surface area contributed by atoms with E-state index in [-0.39, 0.29) is 0 Å². The first kappa shape index (κ1) is 12.2. The van der Waals surface area contributed by atoms with Gasteiger partial charge in [-0.05, 0) is 34.7 Å². The predicted molar refractivity (Wildman–Crippen MR) is 75.6 cm³/mol. The van der Waals surface area contributed by atoms with Crippen LogP contribution >= 0.6 is 0 Å². The van der Waals surface area contributed by atoms with Crippen molar-refractivity contribution >= 4 is 5.69 Å². The molecule has 2 N–H and O–H groups in total. The molecule has 6 nitrogen and oxygen atoms in total. The summed E-state index contributed by atoms with van der Waals surface area (Å²) in [5.74, 6) is 1.28. The number of hydrogen-bond donors (Lipinski definition) is 1. The Morgan fingerprint density at radius 3 is 2.65 bits per heavy atom. The lowest BCUT2D eigenvalue weighted by atomic mass is 10.1. The van der Waals surface area contributed by atoms with Crippen molar-refractivity contribution in [2.45, 2.75) is 0 Å². The molecule has 0 fully saturated rings. The fourth-order valence-corrected chi connectivity index (χ4v) is 1.98. The first-order valence-electron chi connectivity index (χ1n) is 6.06. The Balaban J connectivity index is 2.13. The van der Waals surface area contributed by atoms with E-state index in [2.05, 4.69) is 15.5 Å². The molecule has 0 aliphatic rings. The van der Waals surface area contributed by atoms with Crippen LogP contribution in [0.5, 0.6) is 5.75 Å². The van der Waals surface area contributed by atoms with Gasteiger partial charge in [0.1, 0.15) is 5.75 Å². The lowest BCUT2D eigenvalue weighted by Gasteiger charge is -2.07. The summed E-state index contributed by atoms with van der Waals surface area (Å²) in [4.78, 5) is 0. The molecule has 1 aromatic heterocycles. The minimum atomic E-state index is 0.599. The summed E-state index contributed by atoms with van der Waals surface area (Å²) in [7, 11) is 1.60. The molecule has 3 aromatic rings. The number of rotatable bonds is 3. The van der Waals surface area contributed by atoms with E-state index in [1.807, 2.05) is 42.5 Å². The quantitative estimate of drug-likeness (QED) is 0.733. The van der Waals surface area contributed by atoms with E-state index in [1.165, 1.54) is 0 Å². The van der Waals surface area contributed by atoms with Crippen molar-refractivity contribution in [3.05, 3.63) is 48.5 Å². The summed E-state index contributed by atoms with van der Waals surface area (Å²) in [5.41, 5.74) is 8.16. The molecule has 0 aliphatic heterocycles. The number of para-hydroxylation sites is 1. The van der Waals surface area contributed by atoms with Gasteiger partial charge in [0.2, 0.25) is 0 Å². The first-order valence-corrected chi connectivity index (χ1v) is 6.06. The topological polar surface area (TPSA) is 78.8 Å². The fraction of sp³-hybridized carbons (Fsp3) is 0.0714. The van der Waals surface area contributed by atoms with Crippen LogP contribution in [0, 0.1) is 0 Å². The zero-order chi connectivity index (χ0) is 13.9. The number of anilines is 1. The van der Waals surface area contributed by atoms with Crippen LogP contribution < -0.4 is 10.5 Å². The predicted octanol–water partition coefficient (Wildman–Crippen LogP) is 1.92. The van der Waals surface area contributed by atoms with Crippen LogP contribution in [-0.2, 0) is 0 Å². The Bertz CT molecular complexity index is 723. The highest BCUT2D eigenvalue weighted by Gasteiger charge is 2.12. The lowest BCUT2D eigenvalue weighted by Crippen LogP contribution is -2.00. The number of methoxy groups -OCH3 is 1. The monoisotopic (exact) mass is 267 g/mol. The molecule has 2 aromatic carbocycles. The van der Waals surface area contributed by atoms with Gasteiger partial charge in [-0.3, -0.25) is 0 Å². The number of nitrogens with zero attached hydrogens (tertiary/aromatic N) is 4. The van der Waals surface area contributed by atoms with Crippen molar-refractivity contribution in [1.82, 2.24) is 20.2 Å². The molecule has 0 saturated carbocycles. The largest absolute Gasteiger partial charge is 0.497 e. The van der Waals surface area contributed by atoms with Gasteiger partial charge in [0, 0.05) is 17.3 Å². The summed E-state index contributed by atoms with van der Waals surface area (Å²) in [6, 6.07) is 15.1. The Labute approximate surface area is 115 Å². The highest BCUT2D eigenvalue weighted by atomic mass is 16.5. The van der Waals surface area contributed by atoms with Crippen LogP contribution in [0.15, 0.2) is 48.5 Å². The van der Waals surface area contributed by atoms with Crippen molar-refractivity contribution in [2.24, 2.45) is 0 Å². The smallest absolute Gasteiger partial charge is 0.187 e. The van der Waals surface area contributed by atoms with E-state index in [0.29, 0.717) is 17.3 Å². The minimum Gasteiger partial charge on any atom is -0.497 e. The molecule has 0 unspecified atom stereocenters. The summed E-state index contributed by atoms with van der Waals surface area (Å²) in [6.45, 7) is 0. The number of ether oxygens (including phenoxy) is 1. The van der Waals surface area contributed by atoms with E-state index in [1.54, 1.807) is 17.9 Å². The van der Waals surface area contributed by atoms with Gasteiger partial charge in [0.15, 0.2) is 5.82 Å². The standard InChI is InChI=1S/C14H13N5O/c1-20-13-8-10(7-11(15)9-13)14-16-17-18-19(14)12-5-3-2-4-6-12/h2-9H,15H2,1H3. The van der Waals surface area contributed by atoms with Gasteiger partial charge in [-0.2, -0.15) is 4.68 Å². The van der Waals surface area contributed by atoms with Crippen molar-refractivity contribution < 1.29 is 4.74 Å². The first-order chi connectivity index (χ1) is 9.78. The maximum Gasteiger partial charge on any atom is 0.187 e. The van der Waals surface area contributed by atoms with Crippen LogP contribution in [0.4, 0.5) is 5.69 Å². The van der Waals surface area contributed by atoms with E-state index in [9.17, 15) is 0 Å². The maximum absolute atomic E-state index is 5.87. The molecular formula is C14H13N5O. The molecule has 0 radical (unpaired) electrons. The van der Waals surface area contributed by atoms with Crippen LogP contribution in [0.2, 0.25) is 0 Å². The average molecular weight is 267 g/mol. The van der Waals surface area contributed by atoms with Crippen LogP contribution in [0.3, 0.4) is 0 Å². The van der Waals surface area contributed by atoms with E-state index >= 15 is 0 Å². The molecule has 20 heavy (non-hydrogen) atoms. The van der Waals surface area contributed by atoms with Crippen LogP contribution in [-0.4, -0.2) is 27.3 Å².